The van der Waals surface area contributed by atoms with Crippen LogP contribution in [0, 0.1) is 0 Å². The molecule has 50 valence electrons. The summed E-state index contributed by atoms with van der Waals surface area (Å²) < 4.78 is 0. The fourth-order valence-corrected chi connectivity index (χ4v) is 0.143. The Labute approximate surface area is 114 Å². The van der Waals surface area contributed by atoms with E-state index in [4.69, 9.17) is 10.2 Å². The number of aliphatic carboxylic acids is 2. The fourth-order valence-electron chi connectivity index (χ4n) is 0.143. The van der Waals surface area contributed by atoms with Crippen molar-refractivity contribution in [3.63, 3.8) is 0 Å². The van der Waals surface area contributed by atoms with Crippen LogP contribution < -0.4 is 29.6 Å². The summed E-state index contributed by atoms with van der Waals surface area (Å²) in [7, 11) is 0. The zero-order chi connectivity index (χ0) is 6.57. The van der Waals surface area contributed by atoms with Crippen molar-refractivity contribution in [1.29, 1.82) is 0 Å². The second-order valence-corrected chi connectivity index (χ2v) is 1.01. The van der Waals surface area contributed by atoms with E-state index in [1.54, 1.807) is 0 Å². The Morgan fingerprint density at radius 3 is 1.40 bits per heavy atom. The number of hydrogen-bond donors (Lipinski definition) is 2. The molecule has 0 radical (unpaired) electrons. The van der Waals surface area contributed by atoms with Gasteiger partial charge in [0, 0.05) is 12.2 Å². The summed E-state index contributed by atoms with van der Waals surface area (Å²) in [5.74, 6) is -2.51. The third kappa shape index (κ3) is 16.0. The van der Waals surface area contributed by atoms with Gasteiger partial charge in [-0.15, -0.1) is 0 Å². The van der Waals surface area contributed by atoms with Crippen molar-refractivity contribution < 1.29 is 53.6 Å². The molecule has 0 fully saturated rings. The Kier molecular flexibility index (Phi) is 17.0. The Balaban J connectivity index is -0.0000000245. The van der Waals surface area contributed by atoms with E-state index in [2.05, 4.69) is 0 Å². The molecule has 4 nitrogen and oxygen atoms in total. The van der Waals surface area contributed by atoms with Gasteiger partial charge in [0.05, 0.1) is 0 Å². The standard InChI is InChI=1S/C4H4O4.Ca.Na.3H/c5-3(6)1-2-4(7)8;;;;;/h1-2H,(H,5,6)(H,7,8);;;;;/q;+2;+1;3*-1/b2-1-;;;;;. The summed E-state index contributed by atoms with van der Waals surface area (Å²) in [6, 6.07) is 0. The van der Waals surface area contributed by atoms with Crippen LogP contribution in [0.3, 0.4) is 0 Å². The van der Waals surface area contributed by atoms with E-state index in [1.807, 2.05) is 0 Å². The van der Waals surface area contributed by atoms with Gasteiger partial charge in [-0.2, -0.15) is 0 Å². The van der Waals surface area contributed by atoms with E-state index in [0.717, 1.165) is 0 Å². The number of carboxylic acid groups (broad SMARTS) is 2. The average molecular weight is 182 g/mol. The molecule has 0 aromatic heterocycles. The van der Waals surface area contributed by atoms with E-state index in [-0.39, 0.29) is 71.6 Å². The predicted molar refractivity (Wildman–Crippen MR) is 33.5 cm³/mol. The van der Waals surface area contributed by atoms with Crippen LogP contribution in [-0.4, -0.2) is 59.9 Å². The monoisotopic (exact) mass is 182 g/mol. The molecule has 10 heavy (non-hydrogen) atoms. The van der Waals surface area contributed by atoms with Gasteiger partial charge < -0.3 is 14.5 Å². The first kappa shape index (κ1) is 17.1. The Hall–Kier alpha value is 0.940. The van der Waals surface area contributed by atoms with E-state index in [9.17, 15) is 9.59 Å². The SMILES string of the molecule is O=C(O)/C=C\C(=O)O.[Ca+2].[H-].[H-].[H-].[Na+]. The number of carboxylic acids is 2. The van der Waals surface area contributed by atoms with Crippen LogP contribution in [0.2, 0.25) is 0 Å². The van der Waals surface area contributed by atoms with Gasteiger partial charge in [0.2, 0.25) is 0 Å². The Bertz CT molecular complexity index is 138. The summed E-state index contributed by atoms with van der Waals surface area (Å²) in [4.78, 5) is 19.1. The molecular weight excluding hydrogens is 175 g/mol. The Morgan fingerprint density at radius 1 is 1.10 bits per heavy atom. The van der Waals surface area contributed by atoms with Crippen LogP contribution in [0.25, 0.3) is 0 Å². The third-order valence-corrected chi connectivity index (χ3v) is 0.368. The second kappa shape index (κ2) is 9.94. The van der Waals surface area contributed by atoms with Crippen molar-refractivity contribution in [2.45, 2.75) is 0 Å². The molecule has 0 rings (SSSR count). The molecule has 0 saturated carbocycles. The van der Waals surface area contributed by atoms with Crippen molar-refractivity contribution >= 4 is 49.7 Å². The predicted octanol–water partition coefficient (Wildman–Crippen LogP) is -3.33. The summed E-state index contributed by atoms with van der Waals surface area (Å²) in [6.45, 7) is 0. The van der Waals surface area contributed by atoms with Gasteiger partial charge in [0.25, 0.3) is 0 Å². The van der Waals surface area contributed by atoms with Crippen LogP contribution in [0.4, 0.5) is 0 Å². The average Bonchev–Trinajstić information content (AvgIpc) is 1.61. The minimum Gasteiger partial charge on any atom is -1.00 e. The van der Waals surface area contributed by atoms with E-state index in [1.165, 1.54) is 0 Å². The third-order valence-electron chi connectivity index (χ3n) is 0.368. The molecule has 0 saturated heterocycles. The Morgan fingerprint density at radius 2 is 1.30 bits per heavy atom. The zero-order valence-corrected chi connectivity index (χ0v) is 9.78. The van der Waals surface area contributed by atoms with Gasteiger partial charge in [-0.05, 0) is 0 Å². The van der Waals surface area contributed by atoms with Crippen LogP contribution in [-0.2, 0) is 9.59 Å². The molecule has 0 spiro atoms. The van der Waals surface area contributed by atoms with Crippen molar-refractivity contribution in [1.82, 2.24) is 0 Å². The summed E-state index contributed by atoms with van der Waals surface area (Å²) >= 11 is 0. The summed E-state index contributed by atoms with van der Waals surface area (Å²) in [5.41, 5.74) is 0. The van der Waals surface area contributed by atoms with Gasteiger partial charge in [-0.3, -0.25) is 0 Å². The van der Waals surface area contributed by atoms with E-state index >= 15 is 0 Å². The van der Waals surface area contributed by atoms with E-state index in [0.29, 0.717) is 12.2 Å². The van der Waals surface area contributed by atoms with Gasteiger partial charge in [0.15, 0.2) is 0 Å². The quantitative estimate of drug-likeness (QED) is 0.346. The molecular formula is C4H7CaNaO4. The fraction of sp³-hybridized carbons (Fsp3) is 0. The smallest absolute Gasteiger partial charge is 1.00 e. The van der Waals surface area contributed by atoms with Crippen molar-refractivity contribution in [2.75, 3.05) is 0 Å². The molecule has 0 aliphatic rings. The number of carbonyl (C=O) groups is 2. The van der Waals surface area contributed by atoms with Gasteiger partial charge in [-0.1, -0.05) is 0 Å². The van der Waals surface area contributed by atoms with Gasteiger partial charge >= 0.3 is 79.2 Å². The molecule has 0 heterocycles. The van der Waals surface area contributed by atoms with Crippen molar-refractivity contribution in [3.05, 3.63) is 12.2 Å². The molecule has 0 unspecified atom stereocenters. The maximum atomic E-state index is 9.55. The largest absolute Gasteiger partial charge is 2.00 e. The zero-order valence-electron chi connectivity index (χ0n) is 8.57. The molecule has 0 aromatic carbocycles. The van der Waals surface area contributed by atoms with Gasteiger partial charge in [0.1, 0.15) is 0 Å². The first-order valence-corrected chi connectivity index (χ1v) is 1.77. The number of hydrogen-bond acceptors (Lipinski definition) is 2. The molecule has 0 atom stereocenters. The topological polar surface area (TPSA) is 74.6 Å². The van der Waals surface area contributed by atoms with Crippen molar-refractivity contribution in [3.8, 4) is 0 Å². The van der Waals surface area contributed by atoms with Gasteiger partial charge in [-0.25, -0.2) is 9.59 Å². The minimum absolute atomic E-state index is 0. The van der Waals surface area contributed by atoms with E-state index < -0.39 is 11.9 Å². The van der Waals surface area contributed by atoms with Crippen LogP contribution >= 0.6 is 0 Å². The summed E-state index contributed by atoms with van der Waals surface area (Å²) in [6.07, 6.45) is 1.12. The second-order valence-electron chi connectivity index (χ2n) is 1.01. The molecule has 0 aromatic rings. The van der Waals surface area contributed by atoms with Crippen molar-refractivity contribution in [2.24, 2.45) is 0 Å². The normalized spacial score (nSPS) is 7.60. The molecule has 0 bridgehead atoms. The first-order chi connectivity index (χ1) is 3.63. The maximum Gasteiger partial charge on any atom is 2.00 e. The number of rotatable bonds is 2. The van der Waals surface area contributed by atoms with Crippen LogP contribution in [0.1, 0.15) is 4.28 Å². The molecule has 2 N–H and O–H groups in total. The minimum atomic E-state index is -1.26. The van der Waals surface area contributed by atoms with Crippen LogP contribution in [0.15, 0.2) is 12.2 Å². The summed E-state index contributed by atoms with van der Waals surface area (Å²) in [5, 5.41) is 15.6. The molecule has 0 aliphatic heterocycles. The molecule has 0 aliphatic carbocycles. The first-order valence-electron chi connectivity index (χ1n) is 1.77. The molecule has 0 amide bonds. The van der Waals surface area contributed by atoms with Crippen LogP contribution in [0.5, 0.6) is 0 Å². The molecule has 6 heteroatoms. The maximum absolute atomic E-state index is 9.55.